The third-order valence-electron chi connectivity index (χ3n) is 6.98. The molecule has 1 aliphatic rings. The van der Waals surface area contributed by atoms with E-state index in [0.717, 1.165) is 53.7 Å². The van der Waals surface area contributed by atoms with Crippen molar-refractivity contribution in [2.24, 2.45) is 7.05 Å². The van der Waals surface area contributed by atoms with Gasteiger partial charge in [0.2, 0.25) is 5.91 Å². The molecule has 4 aromatic rings. The fraction of sp³-hybridized carbons (Fsp3) is 0.267. The van der Waals surface area contributed by atoms with E-state index in [-0.39, 0.29) is 11.8 Å². The van der Waals surface area contributed by atoms with Gasteiger partial charge in [-0.3, -0.25) is 9.59 Å². The smallest absolute Gasteiger partial charge is 0.253 e. The molecule has 0 aliphatic carbocycles. The van der Waals surface area contributed by atoms with Crippen LogP contribution in [0.15, 0.2) is 67.0 Å². The van der Waals surface area contributed by atoms with Crippen molar-refractivity contribution < 1.29 is 9.59 Å². The predicted octanol–water partition coefficient (Wildman–Crippen LogP) is 4.18. The van der Waals surface area contributed by atoms with Crippen molar-refractivity contribution in [1.82, 2.24) is 24.3 Å². The number of hydrogen-bond acceptors (Lipinski definition) is 6. The minimum atomic E-state index is -0.179. The Bertz CT molecular complexity index is 1530. The van der Waals surface area contributed by atoms with Crippen LogP contribution in [0.4, 0.5) is 11.5 Å². The van der Waals surface area contributed by atoms with Gasteiger partial charge in [0.15, 0.2) is 0 Å². The molecule has 9 heteroatoms. The number of fused-ring (bicyclic) bond motifs is 1. The Morgan fingerprint density at radius 3 is 2.33 bits per heavy atom. The van der Waals surface area contributed by atoms with Crippen molar-refractivity contribution in [1.29, 1.82) is 0 Å². The van der Waals surface area contributed by atoms with Gasteiger partial charge in [-0.15, -0.1) is 0 Å². The molecule has 0 spiro atoms. The highest BCUT2D eigenvalue weighted by Gasteiger charge is 2.23. The SMILES string of the molecule is CN(C)C/C=C/C(=O)Nc1ccc(-c2c(-c3ccc(C(=O)N4CCCC4)cc3)c3c(N)ncnc3n2C)cc1. The van der Waals surface area contributed by atoms with E-state index in [0.29, 0.717) is 29.3 Å². The van der Waals surface area contributed by atoms with Crippen LogP contribution in [0.2, 0.25) is 0 Å². The van der Waals surface area contributed by atoms with Crippen molar-refractivity contribution in [2.75, 3.05) is 44.8 Å². The molecule has 2 aromatic heterocycles. The molecule has 0 unspecified atom stereocenters. The lowest BCUT2D eigenvalue weighted by molar-refractivity contribution is -0.111. The van der Waals surface area contributed by atoms with E-state index in [2.05, 4.69) is 15.3 Å². The van der Waals surface area contributed by atoms with E-state index < -0.39 is 0 Å². The number of nitrogens with two attached hydrogens (primary N) is 1. The Labute approximate surface area is 228 Å². The van der Waals surface area contributed by atoms with Gasteiger partial charge in [0, 0.05) is 49.6 Å². The van der Waals surface area contributed by atoms with E-state index in [1.807, 2.05) is 90.1 Å². The first-order chi connectivity index (χ1) is 18.8. The molecule has 2 amide bonds. The number of nitrogens with zero attached hydrogens (tertiary/aromatic N) is 5. The second-order valence-corrected chi connectivity index (χ2v) is 10.0. The van der Waals surface area contributed by atoms with Crippen LogP contribution in [-0.2, 0) is 11.8 Å². The summed E-state index contributed by atoms with van der Waals surface area (Å²) in [7, 11) is 5.85. The van der Waals surface area contributed by atoms with E-state index in [1.54, 1.807) is 0 Å². The number of hydrogen-bond donors (Lipinski definition) is 2. The summed E-state index contributed by atoms with van der Waals surface area (Å²) in [5.74, 6) is 0.276. The molecule has 2 aromatic carbocycles. The average molecular weight is 524 g/mol. The molecule has 0 atom stereocenters. The number of likely N-dealkylation sites (tertiary alicyclic amines) is 1. The normalized spacial score (nSPS) is 13.6. The minimum absolute atomic E-state index is 0.0641. The van der Waals surface area contributed by atoms with Gasteiger partial charge in [-0.25, -0.2) is 9.97 Å². The highest BCUT2D eigenvalue weighted by Crippen LogP contribution is 2.41. The van der Waals surface area contributed by atoms with Gasteiger partial charge >= 0.3 is 0 Å². The maximum Gasteiger partial charge on any atom is 0.253 e. The first-order valence-electron chi connectivity index (χ1n) is 13.0. The molecule has 0 saturated carbocycles. The van der Waals surface area contributed by atoms with Gasteiger partial charge in [0.1, 0.15) is 17.8 Å². The third-order valence-corrected chi connectivity index (χ3v) is 6.98. The van der Waals surface area contributed by atoms with Gasteiger partial charge in [0.05, 0.1) is 11.1 Å². The highest BCUT2D eigenvalue weighted by atomic mass is 16.2. The largest absolute Gasteiger partial charge is 0.383 e. The number of carbonyl (C=O) groups is 2. The van der Waals surface area contributed by atoms with Crippen LogP contribution in [0, 0.1) is 0 Å². The van der Waals surface area contributed by atoms with E-state index in [1.165, 1.54) is 12.4 Å². The lowest BCUT2D eigenvalue weighted by Crippen LogP contribution is -2.27. The van der Waals surface area contributed by atoms with Crippen molar-refractivity contribution in [2.45, 2.75) is 12.8 Å². The van der Waals surface area contributed by atoms with E-state index in [4.69, 9.17) is 5.73 Å². The molecule has 200 valence electrons. The molecule has 0 bridgehead atoms. The van der Waals surface area contributed by atoms with Crippen LogP contribution in [0.5, 0.6) is 0 Å². The number of carbonyl (C=O) groups excluding carboxylic acids is 2. The maximum atomic E-state index is 12.9. The summed E-state index contributed by atoms with van der Waals surface area (Å²) in [5.41, 5.74) is 12.1. The van der Waals surface area contributed by atoms with Crippen LogP contribution >= 0.6 is 0 Å². The molecule has 1 fully saturated rings. The fourth-order valence-corrected chi connectivity index (χ4v) is 5.04. The zero-order valence-electron chi connectivity index (χ0n) is 22.5. The van der Waals surface area contributed by atoms with Gasteiger partial charge in [-0.2, -0.15) is 0 Å². The molecule has 1 saturated heterocycles. The number of aryl methyl sites for hydroxylation is 1. The fourth-order valence-electron chi connectivity index (χ4n) is 5.04. The highest BCUT2D eigenvalue weighted by molar-refractivity contribution is 6.08. The summed E-state index contributed by atoms with van der Waals surface area (Å²) < 4.78 is 2.00. The second-order valence-electron chi connectivity index (χ2n) is 10.0. The molecular formula is C30H33N7O2. The molecule has 1 aliphatic heterocycles. The Balaban J connectivity index is 1.50. The Morgan fingerprint density at radius 1 is 1.00 bits per heavy atom. The van der Waals surface area contributed by atoms with Crippen molar-refractivity contribution in [3.8, 4) is 22.4 Å². The zero-order valence-corrected chi connectivity index (χ0v) is 22.5. The van der Waals surface area contributed by atoms with Gasteiger partial charge in [-0.1, -0.05) is 30.3 Å². The summed E-state index contributed by atoms with van der Waals surface area (Å²) in [4.78, 5) is 37.8. The summed E-state index contributed by atoms with van der Waals surface area (Å²) in [5, 5.41) is 3.66. The number of rotatable bonds is 7. The summed E-state index contributed by atoms with van der Waals surface area (Å²) in [6.07, 6.45) is 6.93. The monoisotopic (exact) mass is 523 g/mol. The van der Waals surface area contributed by atoms with Crippen molar-refractivity contribution >= 4 is 34.4 Å². The number of nitrogen functional groups attached to an aromatic ring is 1. The number of aromatic nitrogens is 3. The van der Waals surface area contributed by atoms with E-state index >= 15 is 0 Å². The maximum absolute atomic E-state index is 12.9. The van der Waals surface area contributed by atoms with Crippen LogP contribution in [0.3, 0.4) is 0 Å². The number of benzene rings is 2. The summed E-state index contributed by atoms with van der Waals surface area (Å²) in [6, 6.07) is 15.4. The van der Waals surface area contributed by atoms with Crippen molar-refractivity contribution in [3.05, 3.63) is 72.6 Å². The Kier molecular flexibility index (Phi) is 7.42. The molecule has 3 N–H and O–H groups in total. The first kappa shape index (κ1) is 26.1. The molecule has 39 heavy (non-hydrogen) atoms. The molecule has 3 heterocycles. The first-order valence-corrected chi connectivity index (χ1v) is 13.0. The third kappa shape index (κ3) is 5.39. The quantitative estimate of drug-likeness (QED) is 0.352. The molecule has 5 rings (SSSR count). The Morgan fingerprint density at radius 2 is 1.67 bits per heavy atom. The number of anilines is 2. The van der Waals surface area contributed by atoms with Crippen LogP contribution in [0.1, 0.15) is 23.2 Å². The van der Waals surface area contributed by atoms with E-state index in [9.17, 15) is 9.59 Å². The number of likely N-dealkylation sites (N-methyl/N-ethyl adjacent to an activating group) is 1. The average Bonchev–Trinajstić information content (AvgIpc) is 3.56. The molecular weight excluding hydrogens is 490 g/mol. The topological polar surface area (TPSA) is 109 Å². The van der Waals surface area contributed by atoms with Gasteiger partial charge < -0.3 is 25.4 Å². The minimum Gasteiger partial charge on any atom is -0.383 e. The summed E-state index contributed by atoms with van der Waals surface area (Å²) >= 11 is 0. The van der Waals surface area contributed by atoms with Crippen LogP contribution in [0.25, 0.3) is 33.4 Å². The summed E-state index contributed by atoms with van der Waals surface area (Å²) in [6.45, 7) is 2.31. The number of nitrogens with one attached hydrogen (secondary N) is 1. The zero-order chi connectivity index (χ0) is 27.5. The lowest BCUT2D eigenvalue weighted by atomic mass is 9.97. The standard InChI is InChI=1S/C30H33N7O2/c1-35(2)16-6-7-24(38)34-23-14-12-21(13-15-23)27-25(26-28(31)32-19-33-29(26)36(27)3)20-8-10-22(11-9-20)30(39)37-17-4-5-18-37/h6-15,19H,4-5,16-18H2,1-3H3,(H,34,38)(H2,31,32,33)/b7-6+. The number of amides is 2. The molecule has 0 radical (unpaired) electrons. The van der Waals surface area contributed by atoms with Crippen molar-refractivity contribution in [3.63, 3.8) is 0 Å². The van der Waals surface area contributed by atoms with Gasteiger partial charge in [-0.05, 0) is 62.3 Å². The second kappa shape index (κ2) is 11.1. The predicted molar refractivity (Wildman–Crippen MR) is 155 cm³/mol. The molecule has 9 nitrogen and oxygen atoms in total. The van der Waals surface area contributed by atoms with Crippen LogP contribution < -0.4 is 11.1 Å². The van der Waals surface area contributed by atoms with Crippen LogP contribution in [-0.4, -0.2) is 69.9 Å². The Hall–Kier alpha value is -4.50. The van der Waals surface area contributed by atoms with Gasteiger partial charge in [0.25, 0.3) is 5.91 Å². The lowest BCUT2D eigenvalue weighted by Gasteiger charge is -2.15.